The standard InChI is InChI=1S/C34H44ClN4O9P/c1-23(26-12-15-29(28(21-26)33(36)41)47-22-25-8-4-3-5-9-25)37-31(40)20-24-10-13-27(14-11-24)34(2,30-16-17-32(48-30)39(42)43)38(49(44,45)46)19-7-6-18-35/h10-17,21,23,25H,3-9,18-20,22H2,1-2H3,(H2,36,41)(H,37,40)(H2,44,45,46)/p-2. The second-order valence-corrected chi connectivity index (χ2v) is 14.4. The summed E-state index contributed by atoms with van der Waals surface area (Å²) >= 11 is 5.78. The molecule has 0 radical (unpaired) electrons. The van der Waals surface area contributed by atoms with Gasteiger partial charge in [-0.25, -0.2) is 0 Å². The highest BCUT2D eigenvalue weighted by atomic mass is 35.5. The van der Waals surface area contributed by atoms with Crippen molar-refractivity contribution in [2.45, 2.75) is 76.8 Å². The van der Waals surface area contributed by atoms with Crippen LogP contribution in [0.25, 0.3) is 0 Å². The largest absolute Gasteiger partial charge is 0.799 e. The molecule has 1 aliphatic rings. The molecular weight excluding hydrogens is 675 g/mol. The lowest BCUT2D eigenvalue weighted by Crippen LogP contribution is -2.48. The fourth-order valence-electron chi connectivity index (χ4n) is 6.26. The summed E-state index contributed by atoms with van der Waals surface area (Å²) in [6.45, 7) is 3.54. The van der Waals surface area contributed by atoms with Crippen LogP contribution in [0.2, 0.25) is 0 Å². The van der Waals surface area contributed by atoms with Crippen molar-refractivity contribution >= 4 is 37.0 Å². The van der Waals surface area contributed by atoms with E-state index in [-0.39, 0.29) is 42.5 Å². The highest BCUT2D eigenvalue weighted by molar-refractivity contribution is 7.46. The molecule has 13 nitrogen and oxygen atoms in total. The van der Waals surface area contributed by atoms with Gasteiger partial charge in [-0.2, -0.15) is 0 Å². The second-order valence-electron chi connectivity index (χ2n) is 12.6. The molecule has 0 spiro atoms. The third-order valence-electron chi connectivity index (χ3n) is 9.04. The monoisotopic (exact) mass is 716 g/mol. The Bertz CT molecular complexity index is 1660. The maximum absolute atomic E-state index is 13.1. The molecule has 2 amide bonds. The van der Waals surface area contributed by atoms with Gasteiger partial charge in [0.2, 0.25) is 5.91 Å². The lowest BCUT2D eigenvalue weighted by Gasteiger charge is -2.51. The minimum atomic E-state index is -5.43. The molecule has 1 fully saturated rings. The number of unbranched alkanes of at least 4 members (excludes halogenated alkanes) is 1. The Morgan fingerprint density at radius 1 is 1.12 bits per heavy atom. The molecule has 1 aromatic heterocycles. The maximum Gasteiger partial charge on any atom is 0.433 e. The van der Waals surface area contributed by atoms with Gasteiger partial charge in [0.05, 0.1) is 30.7 Å². The third-order valence-corrected chi connectivity index (χ3v) is 10.5. The zero-order chi connectivity index (χ0) is 35.8. The number of nitrogens with zero attached hydrogens (tertiary/aromatic N) is 2. The molecule has 15 heteroatoms. The van der Waals surface area contributed by atoms with E-state index in [4.69, 9.17) is 26.5 Å². The van der Waals surface area contributed by atoms with Gasteiger partial charge in [-0.1, -0.05) is 49.6 Å². The predicted octanol–water partition coefficient (Wildman–Crippen LogP) is 5.08. The van der Waals surface area contributed by atoms with Crippen LogP contribution >= 0.6 is 19.3 Å². The zero-order valence-electron chi connectivity index (χ0n) is 27.6. The smallest absolute Gasteiger partial charge is 0.433 e. The molecule has 0 bridgehead atoms. The molecule has 2 unspecified atom stereocenters. The summed E-state index contributed by atoms with van der Waals surface area (Å²) in [6, 6.07) is 13.3. The number of carbonyl (C=O) groups excluding carboxylic acids is 2. The average molecular weight is 717 g/mol. The number of rotatable bonds is 17. The number of benzene rings is 2. The van der Waals surface area contributed by atoms with Gasteiger partial charge in [0.15, 0.2) is 0 Å². The van der Waals surface area contributed by atoms with Crippen LogP contribution in [-0.4, -0.2) is 40.4 Å². The van der Waals surface area contributed by atoms with Crippen molar-refractivity contribution in [3.63, 3.8) is 0 Å². The average Bonchev–Trinajstić information content (AvgIpc) is 3.57. The van der Waals surface area contributed by atoms with Crippen molar-refractivity contribution in [1.29, 1.82) is 0 Å². The van der Waals surface area contributed by atoms with Crippen LogP contribution in [0.3, 0.4) is 0 Å². The first kappa shape index (κ1) is 38.1. The fraction of sp³-hybridized carbons (Fsp3) is 0.471. The van der Waals surface area contributed by atoms with Gasteiger partial charge >= 0.3 is 5.88 Å². The van der Waals surface area contributed by atoms with Crippen molar-refractivity contribution in [3.8, 4) is 5.75 Å². The number of nitrogens with one attached hydrogen (secondary N) is 1. The summed E-state index contributed by atoms with van der Waals surface area (Å²) in [5, 5.41) is 14.3. The van der Waals surface area contributed by atoms with E-state index in [1.807, 2.05) is 0 Å². The highest BCUT2D eigenvalue weighted by Crippen LogP contribution is 2.48. The number of nitro groups is 1. The number of carbonyl (C=O) groups is 2. The molecule has 1 saturated carbocycles. The second kappa shape index (κ2) is 16.8. The Labute approximate surface area is 290 Å². The molecule has 1 aliphatic carbocycles. The summed E-state index contributed by atoms with van der Waals surface area (Å²) in [7, 11) is -5.43. The van der Waals surface area contributed by atoms with Gasteiger partial charge in [-0.15, -0.1) is 11.6 Å². The van der Waals surface area contributed by atoms with E-state index in [1.54, 1.807) is 49.4 Å². The van der Waals surface area contributed by atoms with Crippen molar-refractivity contribution in [2.24, 2.45) is 11.7 Å². The zero-order valence-corrected chi connectivity index (χ0v) is 29.3. The number of nitrogens with two attached hydrogens (primary N) is 1. The number of halogens is 1. The number of hydrogen-bond donors (Lipinski definition) is 2. The normalized spacial score (nSPS) is 15.8. The van der Waals surface area contributed by atoms with Gasteiger partial charge < -0.3 is 34.6 Å². The van der Waals surface area contributed by atoms with Crippen LogP contribution in [0, 0.1) is 16.0 Å². The van der Waals surface area contributed by atoms with Gasteiger partial charge in [0.25, 0.3) is 5.91 Å². The first-order valence-corrected chi connectivity index (χ1v) is 18.3. The van der Waals surface area contributed by atoms with E-state index in [0.717, 1.165) is 23.6 Å². The van der Waals surface area contributed by atoms with Gasteiger partial charge in [-0.3, -0.25) is 24.4 Å². The Morgan fingerprint density at radius 2 is 1.82 bits per heavy atom. The number of hydrogen-bond acceptors (Lipinski definition) is 9. The topological polar surface area (TPSA) is 204 Å². The van der Waals surface area contributed by atoms with E-state index in [1.165, 1.54) is 32.3 Å². The SMILES string of the molecule is CC(NC(=O)Cc1ccc(C(C)(c2ccc([N+](=O)[O-])o2)N(CCCCCl)P(=O)([O-])[O-])cc1)c1ccc(OCC2CCCCC2)c(C(N)=O)c1. The predicted molar refractivity (Wildman–Crippen MR) is 180 cm³/mol. The summed E-state index contributed by atoms with van der Waals surface area (Å²) in [5.74, 6) is -0.563. The molecule has 0 saturated heterocycles. The van der Waals surface area contributed by atoms with Crippen LogP contribution < -0.4 is 25.6 Å². The Balaban J connectivity index is 1.49. The van der Waals surface area contributed by atoms with Crippen LogP contribution in [0.5, 0.6) is 5.75 Å². The molecule has 266 valence electrons. The summed E-state index contributed by atoms with van der Waals surface area (Å²) < 4.78 is 24.7. The van der Waals surface area contributed by atoms with Gasteiger partial charge in [-0.05, 0) is 80.3 Å². The minimum Gasteiger partial charge on any atom is -0.799 e. The summed E-state index contributed by atoms with van der Waals surface area (Å²) in [4.78, 5) is 61.1. The molecule has 2 atom stereocenters. The molecule has 49 heavy (non-hydrogen) atoms. The van der Waals surface area contributed by atoms with E-state index in [9.17, 15) is 34.1 Å². The minimum absolute atomic E-state index is 0.0418. The van der Waals surface area contributed by atoms with E-state index in [0.29, 0.717) is 41.4 Å². The van der Waals surface area contributed by atoms with Crippen LogP contribution in [0.4, 0.5) is 5.88 Å². The first-order valence-electron chi connectivity index (χ1n) is 16.3. The number of alkyl halides is 1. The lowest BCUT2D eigenvalue weighted by atomic mass is 9.88. The van der Waals surface area contributed by atoms with E-state index < -0.39 is 36.0 Å². The van der Waals surface area contributed by atoms with Crippen molar-refractivity contribution in [1.82, 2.24) is 9.99 Å². The van der Waals surface area contributed by atoms with E-state index >= 15 is 0 Å². The summed E-state index contributed by atoms with van der Waals surface area (Å²) in [5.41, 5.74) is 5.71. The molecule has 0 aliphatic heterocycles. The van der Waals surface area contributed by atoms with E-state index in [2.05, 4.69) is 5.32 Å². The number of furan rings is 1. The molecule has 1 heterocycles. The Morgan fingerprint density at radius 3 is 2.41 bits per heavy atom. The molecule has 2 aromatic carbocycles. The highest BCUT2D eigenvalue weighted by Gasteiger charge is 2.41. The van der Waals surface area contributed by atoms with Crippen molar-refractivity contribution in [3.05, 3.63) is 92.7 Å². The third kappa shape index (κ3) is 9.70. The summed E-state index contributed by atoms with van der Waals surface area (Å²) in [6.07, 6.45) is 6.43. The van der Waals surface area contributed by atoms with Crippen LogP contribution in [-0.2, 0) is 21.3 Å². The molecule has 3 aromatic rings. The van der Waals surface area contributed by atoms with Crippen molar-refractivity contribution in [2.75, 3.05) is 19.0 Å². The number of amides is 2. The molecular formula is C34H42ClN4O9P-2. The van der Waals surface area contributed by atoms with Gasteiger partial charge in [0, 0.05) is 20.2 Å². The fourth-order valence-corrected chi connectivity index (χ4v) is 7.54. The van der Waals surface area contributed by atoms with Crippen LogP contribution in [0.15, 0.2) is 59.0 Å². The van der Waals surface area contributed by atoms with Crippen LogP contribution in [0.1, 0.15) is 97.6 Å². The molecule has 3 N–H and O–H groups in total. The quantitative estimate of drug-likeness (QED) is 0.0623. The first-order chi connectivity index (χ1) is 23.2. The number of ether oxygens (including phenoxy) is 1. The molecule has 4 rings (SSSR count). The van der Waals surface area contributed by atoms with Gasteiger partial charge in [0.1, 0.15) is 22.0 Å². The van der Waals surface area contributed by atoms with Crippen molar-refractivity contribution < 1.29 is 38.0 Å². The lowest BCUT2D eigenvalue weighted by molar-refractivity contribution is -0.402. The number of primary amides is 1. The Hall–Kier alpha value is -3.74. The Kier molecular flexibility index (Phi) is 13.0. The maximum atomic E-state index is 13.1.